The molecule has 0 unspecified atom stereocenters. The average molecular weight is 414 g/mol. The Labute approximate surface area is 172 Å². The minimum atomic E-state index is -0.541. The number of amides is 1. The van der Waals surface area contributed by atoms with Crippen LogP contribution in [0.2, 0.25) is 10.0 Å². The molecule has 0 saturated carbocycles. The van der Waals surface area contributed by atoms with Crippen LogP contribution in [0.15, 0.2) is 42.5 Å². The Hall–Kier alpha value is -2.52. The van der Waals surface area contributed by atoms with Gasteiger partial charge in [-0.15, -0.1) is 0 Å². The molecule has 1 aliphatic heterocycles. The molecule has 1 aliphatic rings. The van der Waals surface area contributed by atoms with Crippen molar-refractivity contribution < 1.29 is 9.53 Å². The van der Waals surface area contributed by atoms with E-state index >= 15 is 0 Å². The number of ether oxygens (including phenoxy) is 1. The van der Waals surface area contributed by atoms with Gasteiger partial charge in [-0.05, 0) is 29.3 Å². The highest BCUT2D eigenvalue weighted by Gasteiger charge is 2.46. The number of carbonyl (C=O) groups excluding carboxylic acids is 1. The lowest BCUT2D eigenvalue weighted by Crippen LogP contribution is -2.59. The molecule has 142 valence electrons. The van der Waals surface area contributed by atoms with Gasteiger partial charge in [0, 0.05) is 18.0 Å². The van der Waals surface area contributed by atoms with Crippen LogP contribution in [0.25, 0.3) is 10.9 Å². The third kappa shape index (κ3) is 2.94. The third-order valence-corrected chi connectivity index (χ3v) is 6.14. The first kappa shape index (κ1) is 18.8. The van der Waals surface area contributed by atoms with Gasteiger partial charge >= 0.3 is 0 Å². The number of halogens is 2. The molecule has 1 fully saturated rings. The zero-order valence-corrected chi connectivity index (χ0v) is 16.6. The Bertz CT molecular complexity index is 1100. The van der Waals surface area contributed by atoms with Crippen molar-refractivity contribution in [2.24, 2.45) is 0 Å². The maximum atomic E-state index is 13.2. The zero-order chi connectivity index (χ0) is 19.9. The van der Waals surface area contributed by atoms with Crippen molar-refractivity contribution in [3.05, 3.63) is 69.3 Å². The monoisotopic (exact) mass is 413 g/mol. The molecule has 0 radical (unpaired) electrons. The van der Waals surface area contributed by atoms with Gasteiger partial charge in [0.05, 0.1) is 35.7 Å². The molecule has 4 rings (SSSR count). The SMILES string of the molecule is CN(C(=O)c1cc2c(Cl)c(Cl)ccc2[nH]1)C1(c2ccc(CC#N)cc2)COC1. The molecule has 0 atom stereocenters. The summed E-state index contributed by atoms with van der Waals surface area (Å²) >= 11 is 12.3. The number of likely N-dealkylation sites (N-methyl/N-ethyl adjacent to an activating group) is 1. The Balaban J connectivity index is 1.67. The van der Waals surface area contributed by atoms with Crippen LogP contribution in [0.3, 0.4) is 0 Å². The third-order valence-electron chi connectivity index (χ3n) is 5.32. The number of hydrogen-bond acceptors (Lipinski definition) is 3. The van der Waals surface area contributed by atoms with Crippen LogP contribution in [0, 0.1) is 11.3 Å². The predicted octanol–water partition coefficient (Wildman–Crippen LogP) is 4.54. The van der Waals surface area contributed by atoms with Crippen LogP contribution < -0.4 is 0 Å². The molecule has 1 amide bonds. The molecule has 2 heterocycles. The number of aromatic amines is 1. The average Bonchev–Trinajstić information content (AvgIpc) is 3.10. The van der Waals surface area contributed by atoms with Crippen molar-refractivity contribution in [1.29, 1.82) is 5.26 Å². The van der Waals surface area contributed by atoms with Gasteiger partial charge in [-0.2, -0.15) is 5.26 Å². The van der Waals surface area contributed by atoms with E-state index in [2.05, 4.69) is 11.1 Å². The van der Waals surface area contributed by atoms with Crippen LogP contribution >= 0.6 is 23.2 Å². The number of benzene rings is 2. The van der Waals surface area contributed by atoms with E-state index in [0.717, 1.165) is 16.6 Å². The van der Waals surface area contributed by atoms with Gasteiger partial charge in [-0.25, -0.2) is 0 Å². The lowest BCUT2D eigenvalue weighted by Gasteiger charge is -2.48. The number of carbonyl (C=O) groups is 1. The van der Waals surface area contributed by atoms with E-state index in [1.165, 1.54) is 0 Å². The molecule has 2 aromatic carbocycles. The second kappa shape index (κ2) is 7.14. The molecule has 1 saturated heterocycles. The fraction of sp³-hybridized carbons (Fsp3) is 0.238. The Morgan fingerprint density at radius 3 is 2.57 bits per heavy atom. The summed E-state index contributed by atoms with van der Waals surface area (Å²) in [6.45, 7) is 0.833. The van der Waals surface area contributed by atoms with E-state index in [9.17, 15) is 4.79 Å². The molecule has 3 aromatic rings. The van der Waals surface area contributed by atoms with Gasteiger partial charge in [0.15, 0.2) is 0 Å². The van der Waals surface area contributed by atoms with Crippen molar-refractivity contribution in [2.75, 3.05) is 20.3 Å². The molecular formula is C21H17Cl2N3O2. The summed E-state index contributed by atoms with van der Waals surface area (Å²) in [4.78, 5) is 18.0. The first-order valence-corrected chi connectivity index (χ1v) is 9.51. The normalized spacial score (nSPS) is 15.1. The molecule has 0 aliphatic carbocycles. The quantitative estimate of drug-likeness (QED) is 0.682. The largest absolute Gasteiger partial charge is 0.376 e. The number of hydrogen-bond donors (Lipinski definition) is 1. The number of nitriles is 1. The predicted molar refractivity (Wildman–Crippen MR) is 109 cm³/mol. The zero-order valence-electron chi connectivity index (χ0n) is 15.1. The fourth-order valence-electron chi connectivity index (χ4n) is 3.51. The molecule has 5 nitrogen and oxygen atoms in total. The number of fused-ring (bicyclic) bond motifs is 1. The number of nitrogens with zero attached hydrogens (tertiary/aromatic N) is 2. The van der Waals surface area contributed by atoms with Crippen LogP contribution in [-0.2, 0) is 16.7 Å². The highest BCUT2D eigenvalue weighted by Crippen LogP contribution is 2.37. The Morgan fingerprint density at radius 2 is 1.96 bits per heavy atom. The van der Waals surface area contributed by atoms with Crippen LogP contribution in [-0.4, -0.2) is 36.1 Å². The number of nitrogens with one attached hydrogen (secondary N) is 1. The van der Waals surface area contributed by atoms with E-state index in [4.69, 9.17) is 33.2 Å². The molecule has 1 aromatic heterocycles. The summed E-state index contributed by atoms with van der Waals surface area (Å²) in [5, 5.41) is 10.4. The second-order valence-electron chi connectivity index (χ2n) is 6.93. The fourth-order valence-corrected chi connectivity index (χ4v) is 3.89. The van der Waals surface area contributed by atoms with Gasteiger partial charge in [0.25, 0.3) is 5.91 Å². The minimum Gasteiger partial charge on any atom is -0.376 e. The van der Waals surface area contributed by atoms with Crippen LogP contribution in [0.5, 0.6) is 0 Å². The van der Waals surface area contributed by atoms with E-state index < -0.39 is 5.54 Å². The van der Waals surface area contributed by atoms with Gasteiger partial charge < -0.3 is 14.6 Å². The summed E-state index contributed by atoms with van der Waals surface area (Å²) < 4.78 is 5.48. The molecule has 28 heavy (non-hydrogen) atoms. The van der Waals surface area contributed by atoms with E-state index in [1.54, 1.807) is 30.1 Å². The Kier molecular flexibility index (Phi) is 4.80. The first-order valence-electron chi connectivity index (χ1n) is 8.75. The number of rotatable bonds is 4. The molecule has 7 heteroatoms. The second-order valence-corrected chi connectivity index (χ2v) is 7.71. The number of H-pyrrole nitrogens is 1. The van der Waals surface area contributed by atoms with E-state index in [0.29, 0.717) is 40.8 Å². The summed E-state index contributed by atoms with van der Waals surface area (Å²) in [5.41, 5.74) is 2.58. The maximum absolute atomic E-state index is 13.2. The van der Waals surface area contributed by atoms with E-state index in [1.807, 2.05) is 24.3 Å². The van der Waals surface area contributed by atoms with E-state index in [-0.39, 0.29) is 5.91 Å². The van der Waals surface area contributed by atoms with Crippen molar-refractivity contribution in [3.63, 3.8) is 0 Å². The smallest absolute Gasteiger partial charge is 0.270 e. The Morgan fingerprint density at radius 1 is 1.25 bits per heavy atom. The number of aromatic nitrogens is 1. The van der Waals surface area contributed by atoms with Crippen molar-refractivity contribution in [3.8, 4) is 6.07 Å². The maximum Gasteiger partial charge on any atom is 0.270 e. The van der Waals surface area contributed by atoms with Crippen molar-refractivity contribution in [2.45, 2.75) is 12.0 Å². The van der Waals surface area contributed by atoms with Gasteiger partial charge in [-0.3, -0.25) is 4.79 Å². The summed E-state index contributed by atoms with van der Waals surface area (Å²) in [6.07, 6.45) is 0.358. The summed E-state index contributed by atoms with van der Waals surface area (Å²) in [5.74, 6) is -0.159. The van der Waals surface area contributed by atoms with Gasteiger partial charge in [-0.1, -0.05) is 47.5 Å². The first-order chi connectivity index (χ1) is 13.5. The van der Waals surface area contributed by atoms with Crippen LogP contribution in [0.1, 0.15) is 21.6 Å². The minimum absolute atomic E-state index is 0.159. The van der Waals surface area contributed by atoms with Gasteiger partial charge in [0.2, 0.25) is 0 Å². The van der Waals surface area contributed by atoms with Crippen LogP contribution in [0.4, 0.5) is 0 Å². The molecule has 0 spiro atoms. The molecule has 1 N–H and O–H groups in total. The summed E-state index contributed by atoms with van der Waals surface area (Å²) in [6, 6.07) is 15.1. The van der Waals surface area contributed by atoms with Crippen molar-refractivity contribution >= 4 is 40.0 Å². The van der Waals surface area contributed by atoms with Crippen molar-refractivity contribution in [1.82, 2.24) is 9.88 Å². The highest BCUT2D eigenvalue weighted by atomic mass is 35.5. The lowest BCUT2D eigenvalue weighted by molar-refractivity contribution is -0.124. The molecular weight excluding hydrogens is 397 g/mol. The topological polar surface area (TPSA) is 69.1 Å². The highest BCUT2D eigenvalue weighted by molar-refractivity contribution is 6.45. The lowest BCUT2D eigenvalue weighted by atomic mass is 9.85. The van der Waals surface area contributed by atoms with Gasteiger partial charge in [0.1, 0.15) is 11.2 Å². The molecule has 0 bridgehead atoms. The summed E-state index contributed by atoms with van der Waals surface area (Å²) in [7, 11) is 1.77. The standard InChI is InChI=1S/C21H17Cl2N3O2/c1-26(20(27)18-10-15-17(25-18)7-6-16(22)19(15)23)21(11-28-12-21)14-4-2-13(3-5-14)8-9-24/h2-7,10,25H,8,11-12H2,1H3.